The van der Waals surface area contributed by atoms with Crippen LogP contribution in [0.5, 0.6) is 0 Å². The largest absolute Gasteiger partial charge is 0.424 e. The van der Waals surface area contributed by atoms with Crippen LogP contribution in [0.15, 0.2) is 53.5 Å². The molecule has 0 unspecified atom stereocenters. The number of benzene rings is 1. The van der Waals surface area contributed by atoms with E-state index in [1.54, 1.807) is 12.4 Å². The highest BCUT2D eigenvalue weighted by Crippen LogP contribution is 2.24. The normalized spacial score (nSPS) is 10.4. The van der Waals surface area contributed by atoms with E-state index >= 15 is 0 Å². The highest BCUT2D eigenvalue weighted by molar-refractivity contribution is 5.65. The van der Waals surface area contributed by atoms with Crippen molar-refractivity contribution in [2.75, 3.05) is 5.73 Å². The Morgan fingerprint density at radius 1 is 0.944 bits per heavy atom. The Bertz CT molecular complexity index is 646. The van der Waals surface area contributed by atoms with E-state index in [-0.39, 0.29) is 6.01 Å². The average Bonchev–Trinajstić information content (AvgIpc) is 2.87. The predicted octanol–water partition coefficient (Wildman–Crippen LogP) is 2.38. The highest BCUT2D eigenvalue weighted by Gasteiger charge is 2.04. The summed E-state index contributed by atoms with van der Waals surface area (Å²) in [6, 6.07) is 9.85. The van der Waals surface area contributed by atoms with Gasteiger partial charge >= 0.3 is 0 Å². The lowest BCUT2D eigenvalue weighted by Crippen LogP contribution is -1.84. The Hall–Kier alpha value is -2.69. The van der Waals surface area contributed by atoms with Gasteiger partial charge in [0.15, 0.2) is 5.76 Å². The van der Waals surface area contributed by atoms with Crippen molar-refractivity contribution in [3.8, 4) is 22.6 Å². The maximum Gasteiger partial charge on any atom is 0.292 e. The first-order valence-corrected chi connectivity index (χ1v) is 5.41. The molecule has 2 aromatic heterocycles. The maximum atomic E-state index is 5.44. The van der Waals surface area contributed by atoms with Gasteiger partial charge in [0.05, 0.1) is 11.9 Å². The third-order valence-electron chi connectivity index (χ3n) is 2.57. The quantitative estimate of drug-likeness (QED) is 0.741. The molecule has 0 radical (unpaired) electrons. The molecule has 18 heavy (non-hydrogen) atoms. The lowest BCUT2D eigenvalue weighted by molar-refractivity contribution is 0.595. The van der Waals surface area contributed by atoms with Gasteiger partial charge < -0.3 is 10.2 Å². The average molecular weight is 238 g/mol. The molecule has 3 rings (SSSR count). The smallest absolute Gasteiger partial charge is 0.292 e. The molecule has 0 amide bonds. The van der Waals surface area contributed by atoms with E-state index < -0.39 is 0 Å². The SMILES string of the molecule is Nc1ncc(-c2ccc(-c3ccncn3)cc2)o1. The molecule has 2 N–H and O–H groups in total. The predicted molar refractivity (Wildman–Crippen MR) is 67.4 cm³/mol. The molecule has 0 bridgehead atoms. The Morgan fingerprint density at radius 3 is 2.33 bits per heavy atom. The number of nitrogen functional groups attached to an aromatic ring is 1. The second-order valence-corrected chi connectivity index (χ2v) is 3.73. The Labute approximate surface area is 103 Å². The van der Waals surface area contributed by atoms with Gasteiger partial charge in [-0.3, -0.25) is 0 Å². The van der Waals surface area contributed by atoms with Crippen molar-refractivity contribution in [1.29, 1.82) is 0 Å². The molecular formula is C13H10N4O. The molecule has 5 heteroatoms. The summed E-state index contributed by atoms with van der Waals surface area (Å²) < 4.78 is 5.26. The summed E-state index contributed by atoms with van der Waals surface area (Å²) in [5.41, 5.74) is 8.27. The molecule has 0 saturated heterocycles. The number of hydrogen-bond donors (Lipinski definition) is 1. The van der Waals surface area contributed by atoms with Crippen LogP contribution in [0.3, 0.4) is 0 Å². The fraction of sp³-hybridized carbons (Fsp3) is 0. The van der Waals surface area contributed by atoms with E-state index in [9.17, 15) is 0 Å². The van der Waals surface area contributed by atoms with Crippen LogP contribution in [0.2, 0.25) is 0 Å². The molecular weight excluding hydrogens is 228 g/mol. The van der Waals surface area contributed by atoms with Crippen LogP contribution >= 0.6 is 0 Å². The second kappa shape index (κ2) is 4.29. The molecule has 1 aromatic carbocycles. The minimum Gasteiger partial charge on any atom is -0.424 e. The first kappa shape index (κ1) is 10.5. The van der Waals surface area contributed by atoms with Gasteiger partial charge in [0.25, 0.3) is 6.01 Å². The van der Waals surface area contributed by atoms with Gasteiger partial charge in [-0.1, -0.05) is 24.3 Å². The molecule has 0 fully saturated rings. The van der Waals surface area contributed by atoms with E-state index in [0.29, 0.717) is 5.76 Å². The highest BCUT2D eigenvalue weighted by atomic mass is 16.4. The first-order chi connectivity index (χ1) is 8.83. The topological polar surface area (TPSA) is 77.8 Å². The molecule has 0 aliphatic rings. The summed E-state index contributed by atoms with van der Waals surface area (Å²) in [5.74, 6) is 0.654. The summed E-state index contributed by atoms with van der Waals surface area (Å²) in [5, 5.41) is 0. The number of nitrogens with zero attached hydrogens (tertiary/aromatic N) is 3. The molecule has 0 aliphatic heterocycles. The Balaban J connectivity index is 1.94. The summed E-state index contributed by atoms with van der Waals surface area (Å²) in [6.07, 6.45) is 4.85. The van der Waals surface area contributed by atoms with Crippen LogP contribution in [0.25, 0.3) is 22.6 Å². The van der Waals surface area contributed by atoms with Gasteiger partial charge in [0.1, 0.15) is 6.33 Å². The third kappa shape index (κ3) is 1.93. The van der Waals surface area contributed by atoms with Crippen molar-refractivity contribution in [3.63, 3.8) is 0 Å². The zero-order chi connectivity index (χ0) is 12.4. The Morgan fingerprint density at radius 2 is 1.72 bits per heavy atom. The Kier molecular flexibility index (Phi) is 2.49. The van der Waals surface area contributed by atoms with Gasteiger partial charge in [-0.25, -0.2) is 15.0 Å². The lowest BCUT2D eigenvalue weighted by Gasteiger charge is -2.01. The first-order valence-electron chi connectivity index (χ1n) is 5.41. The summed E-state index contributed by atoms with van der Waals surface area (Å²) >= 11 is 0. The van der Waals surface area contributed by atoms with Crippen LogP contribution in [-0.4, -0.2) is 15.0 Å². The van der Waals surface area contributed by atoms with E-state index in [1.165, 1.54) is 6.33 Å². The lowest BCUT2D eigenvalue weighted by atomic mass is 10.1. The van der Waals surface area contributed by atoms with E-state index in [2.05, 4.69) is 15.0 Å². The minimum atomic E-state index is 0.171. The van der Waals surface area contributed by atoms with Crippen molar-refractivity contribution in [2.24, 2.45) is 0 Å². The fourth-order valence-corrected chi connectivity index (χ4v) is 1.69. The standard InChI is InChI=1S/C13H10N4O/c14-13-16-7-12(18-13)10-3-1-9(2-4-10)11-5-6-15-8-17-11/h1-8H,(H2,14,16). The van der Waals surface area contributed by atoms with E-state index in [0.717, 1.165) is 16.8 Å². The number of nitrogens with two attached hydrogens (primary N) is 1. The zero-order valence-corrected chi connectivity index (χ0v) is 9.45. The van der Waals surface area contributed by atoms with Gasteiger partial charge in [0.2, 0.25) is 0 Å². The summed E-state index contributed by atoms with van der Waals surface area (Å²) in [7, 11) is 0. The van der Waals surface area contributed by atoms with Gasteiger partial charge in [-0.05, 0) is 6.07 Å². The van der Waals surface area contributed by atoms with Crippen LogP contribution in [0.1, 0.15) is 0 Å². The number of oxazole rings is 1. The molecule has 0 spiro atoms. The molecule has 5 nitrogen and oxygen atoms in total. The minimum absolute atomic E-state index is 0.171. The molecule has 3 aromatic rings. The van der Waals surface area contributed by atoms with Gasteiger partial charge in [0, 0.05) is 17.3 Å². The van der Waals surface area contributed by atoms with Crippen LogP contribution in [-0.2, 0) is 0 Å². The number of anilines is 1. The summed E-state index contributed by atoms with van der Waals surface area (Å²) in [6.45, 7) is 0. The number of aromatic nitrogens is 3. The van der Waals surface area contributed by atoms with Crippen LogP contribution < -0.4 is 5.73 Å². The van der Waals surface area contributed by atoms with Crippen molar-refractivity contribution in [2.45, 2.75) is 0 Å². The fourth-order valence-electron chi connectivity index (χ4n) is 1.69. The molecule has 2 heterocycles. The van der Waals surface area contributed by atoms with Gasteiger partial charge in [-0.2, -0.15) is 0 Å². The van der Waals surface area contributed by atoms with E-state index in [1.807, 2.05) is 30.3 Å². The van der Waals surface area contributed by atoms with Crippen molar-refractivity contribution < 1.29 is 4.42 Å². The molecule has 0 saturated carbocycles. The van der Waals surface area contributed by atoms with Crippen LogP contribution in [0, 0.1) is 0 Å². The number of rotatable bonds is 2. The van der Waals surface area contributed by atoms with Crippen LogP contribution in [0.4, 0.5) is 6.01 Å². The monoisotopic (exact) mass is 238 g/mol. The zero-order valence-electron chi connectivity index (χ0n) is 9.45. The number of hydrogen-bond acceptors (Lipinski definition) is 5. The van der Waals surface area contributed by atoms with E-state index in [4.69, 9.17) is 10.2 Å². The van der Waals surface area contributed by atoms with Crippen molar-refractivity contribution in [1.82, 2.24) is 15.0 Å². The summed E-state index contributed by atoms with van der Waals surface area (Å²) in [4.78, 5) is 11.9. The van der Waals surface area contributed by atoms with Crippen molar-refractivity contribution in [3.05, 3.63) is 49.1 Å². The van der Waals surface area contributed by atoms with Crippen molar-refractivity contribution >= 4 is 6.01 Å². The third-order valence-corrected chi connectivity index (χ3v) is 2.57. The molecule has 0 aliphatic carbocycles. The molecule has 0 atom stereocenters. The maximum absolute atomic E-state index is 5.44. The second-order valence-electron chi connectivity index (χ2n) is 3.73. The molecule has 88 valence electrons. The van der Waals surface area contributed by atoms with Gasteiger partial charge in [-0.15, -0.1) is 0 Å².